The second-order valence-corrected chi connectivity index (χ2v) is 4.79. The number of ether oxygens (including phenoxy) is 2. The van der Waals surface area contributed by atoms with E-state index in [2.05, 4.69) is 4.74 Å². The normalized spacial score (nSPS) is 27.5. The van der Waals surface area contributed by atoms with E-state index in [4.69, 9.17) is 9.84 Å². The maximum atomic E-state index is 14.1. The highest BCUT2D eigenvalue weighted by atomic mass is 19.1. The summed E-state index contributed by atoms with van der Waals surface area (Å²) in [5.74, 6) is -0.724. The highest BCUT2D eigenvalue weighted by Crippen LogP contribution is 2.30. The van der Waals surface area contributed by atoms with E-state index in [0.717, 1.165) is 30.0 Å². The number of nitrogens with zero attached hydrogens (tertiary/aromatic N) is 1. The molecule has 0 saturated carbocycles. The molecular formula is C13H15FN2O7. The number of methoxy groups -OCH3 is 1. The minimum Gasteiger partial charge on any atom is -0.466 e. The molecule has 0 aliphatic carbocycles. The van der Waals surface area contributed by atoms with Crippen LogP contribution < -0.4 is 11.2 Å². The zero-order valence-electron chi connectivity index (χ0n) is 12.0. The first-order valence-electron chi connectivity index (χ1n) is 6.59. The molecule has 23 heavy (non-hydrogen) atoms. The van der Waals surface area contributed by atoms with E-state index in [9.17, 15) is 23.9 Å². The second kappa shape index (κ2) is 6.86. The molecule has 0 bridgehead atoms. The van der Waals surface area contributed by atoms with Gasteiger partial charge in [0.1, 0.15) is 12.2 Å². The van der Waals surface area contributed by atoms with Gasteiger partial charge in [-0.05, 0) is 6.08 Å². The van der Waals surface area contributed by atoms with Crippen LogP contribution in [0, 0.1) is 0 Å². The fourth-order valence-electron chi connectivity index (χ4n) is 2.11. The standard InChI is InChI=1S/C13H15FN2O7/c1-22-8(18)3-2-6-4-16(13(21)15-11(6)20)12-9(14)10(19)7(5-17)23-12/h2-4,7,9-10,12,17,19H,5H2,1H3,(H,15,20,21)/t7-,9?,10?,12-/m0/s1. The van der Waals surface area contributed by atoms with Crippen molar-refractivity contribution in [2.24, 2.45) is 0 Å². The molecule has 4 atom stereocenters. The lowest BCUT2D eigenvalue weighted by molar-refractivity contribution is -0.134. The Morgan fingerprint density at radius 3 is 2.83 bits per heavy atom. The third-order valence-corrected chi connectivity index (χ3v) is 3.34. The number of aliphatic hydroxyl groups is 2. The van der Waals surface area contributed by atoms with E-state index in [0.29, 0.717) is 0 Å². The summed E-state index contributed by atoms with van der Waals surface area (Å²) in [5.41, 5.74) is -1.87. The lowest BCUT2D eigenvalue weighted by atomic mass is 10.1. The predicted octanol–water partition coefficient (Wildman–Crippen LogP) is -1.69. The number of esters is 1. The minimum absolute atomic E-state index is 0.118. The summed E-state index contributed by atoms with van der Waals surface area (Å²) in [6.45, 7) is -0.634. The molecule has 2 heterocycles. The van der Waals surface area contributed by atoms with Gasteiger partial charge in [-0.25, -0.2) is 14.0 Å². The van der Waals surface area contributed by atoms with Crippen LogP contribution in [0.4, 0.5) is 4.39 Å². The van der Waals surface area contributed by atoms with Gasteiger partial charge < -0.3 is 19.7 Å². The molecule has 1 saturated heterocycles. The number of H-pyrrole nitrogens is 1. The molecule has 10 heteroatoms. The minimum atomic E-state index is -1.98. The van der Waals surface area contributed by atoms with Gasteiger partial charge in [-0.2, -0.15) is 0 Å². The molecule has 1 fully saturated rings. The van der Waals surface area contributed by atoms with Crippen molar-refractivity contribution in [3.8, 4) is 0 Å². The largest absolute Gasteiger partial charge is 0.466 e. The molecule has 1 aliphatic heterocycles. The van der Waals surface area contributed by atoms with Crippen LogP contribution in [0.25, 0.3) is 6.08 Å². The molecule has 1 aliphatic rings. The summed E-state index contributed by atoms with van der Waals surface area (Å²) in [5, 5.41) is 18.6. The molecule has 3 N–H and O–H groups in total. The first-order valence-corrected chi connectivity index (χ1v) is 6.59. The van der Waals surface area contributed by atoms with Crippen molar-refractivity contribution in [3.63, 3.8) is 0 Å². The highest BCUT2D eigenvalue weighted by molar-refractivity contribution is 5.86. The summed E-state index contributed by atoms with van der Waals surface area (Å²) in [6, 6.07) is 0. The summed E-state index contributed by atoms with van der Waals surface area (Å²) >= 11 is 0. The van der Waals surface area contributed by atoms with Gasteiger partial charge in [0, 0.05) is 12.3 Å². The van der Waals surface area contributed by atoms with Crippen LogP contribution in [-0.4, -0.2) is 57.8 Å². The third-order valence-electron chi connectivity index (χ3n) is 3.34. The smallest absolute Gasteiger partial charge is 0.330 e. The van der Waals surface area contributed by atoms with Crippen LogP contribution in [0.2, 0.25) is 0 Å². The first-order chi connectivity index (χ1) is 10.9. The molecule has 2 unspecified atom stereocenters. The Bertz CT molecular complexity index is 726. The lowest BCUT2D eigenvalue weighted by Gasteiger charge is -2.16. The van der Waals surface area contributed by atoms with E-state index in [1.807, 2.05) is 4.98 Å². The van der Waals surface area contributed by atoms with Gasteiger partial charge in [0.15, 0.2) is 12.4 Å². The Hall–Kier alpha value is -2.30. The molecular weight excluding hydrogens is 315 g/mol. The van der Waals surface area contributed by atoms with Crippen LogP contribution in [0.1, 0.15) is 11.8 Å². The number of rotatable bonds is 4. The molecule has 1 aromatic heterocycles. The van der Waals surface area contributed by atoms with E-state index < -0.39 is 48.4 Å². The maximum absolute atomic E-state index is 14.1. The predicted molar refractivity (Wildman–Crippen MR) is 74.3 cm³/mol. The summed E-state index contributed by atoms with van der Waals surface area (Å²) in [4.78, 5) is 36.5. The van der Waals surface area contributed by atoms with Crippen molar-refractivity contribution in [2.45, 2.75) is 24.6 Å². The zero-order chi connectivity index (χ0) is 17.1. The summed E-state index contributed by atoms with van der Waals surface area (Å²) in [6.07, 6.45) is -3.27. The van der Waals surface area contributed by atoms with Gasteiger partial charge in [-0.1, -0.05) is 0 Å². The molecule has 2 rings (SSSR count). The number of aromatic amines is 1. The number of nitrogens with one attached hydrogen (secondary N) is 1. The van der Waals surface area contributed by atoms with E-state index >= 15 is 0 Å². The molecule has 0 radical (unpaired) electrons. The second-order valence-electron chi connectivity index (χ2n) is 4.79. The Morgan fingerprint density at radius 1 is 1.57 bits per heavy atom. The number of alkyl halides is 1. The average molecular weight is 330 g/mol. The fourth-order valence-corrected chi connectivity index (χ4v) is 2.11. The Labute approximate surface area is 128 Å². The molecule has 0 aromatic carbocycles. The van der Waals surface area contributed by atoms with Gasteiger partial charge in [0.05, 0.1) is 19.3 Å². The van der Waals surface area contributed by atoms with Crippen molar-refractivity contribution in [1.82, 2.24) is 9.55 Å². The number of carbonyl (C=O) groups is 1. The van der Waals surface area contributed by atoms with Crippen LogP contribution in [0.3, 0.4) is 0 Å². The first kappa shape index (κ1) is 17.1. The topological polar surface area (TPSA) is 131 Å². The number of aliphatic hydroxyl groups excluding tert-OH is 2. The number of halogens is 1. The van der Waals surface area contributed by atoms with Gasteiger partial charge in [-0.15, -0.1) is 0 Å². The SMILES string of the molecule is COC(=O)C=Cc1cn([C@H]2O[C@@H](CO)C(O)C2F)c(=O)[nH]c1=O. The van der Waals surface area contributed by atoms with Crippen LogP contribution in [0.5, 0.6) is 0 Å². The summed E-state index contributed by atoms with van der Waals surface area (Å²) in [7, 11) is 1.15. The number of hydrogen-bond donors (Lipinski definition) is 3. The average Bonchev–Trinajstić information content (AvgIpc) is 2.81. The summed E-state index contributed by atoms with van der Waals surface area (Å²) < 4.78 is 24.3. The molecule has 0 amide bonds. The quantitative estimate of drug-likeness (QED) is 0.443. The van der Waals surface area contributed by atoms with Crippen LogP contribution in [0.15, 0.2) is 21.9 Å². The molecule has 1 aromatic rings. The van der Waals surface area contributed by atoms with Crippen molar-refractivity contribution >= 4 is 12.0 Å². The molecule has 0 spiro atoms. The van der Waals surface area contributed by atoms with Crippen LogP contribution >= 0.6 is 0 Å². The highest BCUT2D eigenvalue weighted by Gasteiger charge is 2.45. The zero-order valence-corrected chi connectivity index (χ0v) is 12.0. The number of carbonyl (C=O) groups excluding carboxylic acids is 1. The Morgan fingerprint density at radius 2 is 2.26 bits per heavy atom. The van der Waals surface area contributed by atoms with E-state index in [-0.39, 0.29) is 5.56 Å². The van der Waals surface area contributed by atoms with Crippen molar-refractivity contribution in [3.05, 3.63) is 38.7 Å². The monoisotopic (exact) mass is 330 g/mol. The van der Waals surface area contributed by atoms with Gasteiger partial charge in [-0.3, -0.25) is 14.3 Å². The Kier molecular flexibility index (Phi) is 5.08. The third kappa shape index (κ3) is 3.38. The van der Waals surface area contributed by atoms with Crippen LogP contribution in [-0.2, 0) is 14.3 Å². The van der Waals surface area contributed by atoms with Crippen molar-refractivity contribution < 1.29 is 28.9 Å². The maximum Gasteiger partial charge on any atom is 0.330 e. The van der Waals surface area contributed by atoms with Crippen molar-refractivity contribution in [1.29, 1.82) is 0 Å². The number of aromatic nitrogens is 2. The Balaban J connectivity index is 2.40. The fraction of sp³-hybridized carbons (Fsp3) is 0.462. The lowest BCUT2D eigenvalue weighted by Crippen LogP contribution is -2.36. The number of hydrogen-bond acceptors (Lipinski definition) is 7. The molecule has 126 valence electrons. The van der Waals surface area contributed by atoms with Gasteiger partial charge >= 0.3 is 11.7 Å². The van der Waals surface area contributed by atoms with E-state index in [1.54, 1.807) is 0 Å². The van der Waals surface area contributed by atoms with Gasteiger partial charge in [0.2, 0.25) is 0 Å². The molecule has 9 nitrogen and oxygen atoms in total. The van der Waals surface area contributed by atoms with E-state index in [1.165, 1.54) is 0 Å². The van der Waals surface area contributed by atoms with Crippen molar-refractivity contribution in [2.75, 3.05) is 13.7 Å². The van der Waals surface area contributed by atoms with Gasteiger partial charge in [0.25, 0.3) is 5.56 Å².